The minimum absolute atomic E-state index is 0.0307. The van der Waals surface area contributed by atoms with Gasteiger partial charge in [-0.3, -0.25) is 4.79 Å². The average molecular weight is 767 g/mol. The lowest BCUT2D eigenvalue weighted by molar-refractivity contribution is -0.338. The number of carboxylic acid groups (broad SMARTS) is 1. The van der Waals surface area contributed by atoms with Crippen molar-refractivity contribution in [3.63, 3.8) is 0 Å². The molecule has 6 fully saturated rings. The van der Waals surface area contributed by atoms with Gasteiger partial charge in [0.15, 0.2) is 6.29 Å². The van der Waals surface area contributed by atoms with Gasteiger partial charge in [0.05, 0.1) is 36.9 Å². The Hall–Kier alpha value is -1.23. The maximum atomic E-state index is 13.0. The number of aliphatic hydroxyl groups is 7. The highest BCUT2D eigenvalue weighted by Crippen LogP contribution is 2.75. The fraction of sp³-hybridized carbons (Fsp3) is 0.927. The minimum atomic E-state index is -1.71. The van der Waals surface area contributed by atoms with Gasteiger partial charge in [0, 0.05) is 0 Å². The quantitative estimate of drug-likeness (QED) is 0.175. The molecule has 308 valence electrons. The molecule has 4 saturated carbocycles. The largest absolute Gasteiger partial charge is 0.481 e. The van der Waals surface area contributed by atoms with Gasteiger partial charge in [-0.15, -0.1) is 0 Å². The van der Waals surface area contributed by atoms with E-state index in [2.05, 4.69) is 40.7 Å². The topological polar surface area (TPSA) is 216 Å². The molecule has 2 saturated heterocycles. The predicted molar refractivity (Wildman–Crippen MR) is 194 cm³/mol. The molecule has 5 aliphatic carbocycles. The number of hydrogen-bond donors (Lipinski definition) is 8. The molecule has 18 unspecified atom stereocenters. The minimum Gasteiger partial charge on any atom is -0.481 e. The van der Waals surface area contributed by atoms with Gasteiger partial charge in [0.25, 0.3) is 0 Å². The lowest BCUT2D eigenvalue weighted by Gasteiger charge is -2.71. The van der Waals surface area contributed by atoms with Gasteiger partial charge in [-0.2, -0.15) is 0 Å². The molecule has 0 aromatic rings. The summed E-state index contributed by atoms with van der Waals surface area (Å²) in [6.07, 6.45) is -2.80. The summed E-state index contributed by atoms with van der Waals surface area (Å²) >= 11 is 0. The molecule has 13 nitrogen and oxygen atoms in total. The number of aliphatic hydroxyl groups excluding tert-OH is 6. The van der Waals surface area contributed by atoms with Gasteiger partial charge >= 0.3 is 5.97 Å². The molecule has 7 rings (SSSR count). The zero-order valence-electron chi connectivity index (χ0n) is 32.9. The third kappa shape index (κ3) is 6.08. The van der Waals surface area contributed by atoms with E-state index in [4.69, 9.17) is 18.9 Å². The third-order valence-corrected chi connectivity index (χ3v) is 16.8. The molecule has 0 aromatic heterocycles. The first kappa shape index (κ1) is 40.9. The predicted octanol–water partition coefficient (Wildman–Crippen LogP) is 2.29. The van der Waals surface area contributed by atoms with Crippen LogP contribution >= 0.6 is 0 Å². The number of hydrogen-bond acceptors (Lipinski definition) is 12. The fourth-order valence-electron chi connectivity index (χ4n) is 13.2. The average Bonchev–Trinajstić information content (AvgIpc) is 3.10. The van der Waals surface area contributed by atoms with Crippen molar-refractivity contribution in [1.82, 2.24) is 0 Å². The van der Waals surface area contributed by atoms with E-state index in [1.165, 1.54) is 5.57 Å². The summed E-state index contributed by atoms with van der Waals surface area (Å²) in [4.78, 5) is 13.0. The van der Waals surface area contributed by atoms with Crippen molar-refractivity contribution in [2.45, 2.75) is 173 Å². The molecule has 7 aliphatic rings. The third-order valence-electron chi connectivity index (χ3n) is 16.8. The van der Waals surface area contributed by atoms with Crippen molar-refractivity contribution in [2.75, 3.05) is 19.8 Å². The van der Waals surface area contributed by atoms with Gasteiger partial charge in [-0.25, -0.2) is 0 Å². The Morgan fingerprint density at radius 2 is 1.56 bits per heavy atom. The van der Waals surface area contributed by atoms with E-state index in [1.54, 1.807) is 0 Å². The SMILES string of the molecule is CC1(C)CCC2(C(=O)O)CCC3(C)C(=CCC4C5(C)CCC(OCC6OCC(O)C(O)C6OC6OC(CO)C(O)C(O)C6O)C(C)(O)C5CCC43C)C2C1. The summed E-state index contributed by atoms with van der Waals surface area (Å²) < 4.78 is 23.8. The summed E-state index contributed by atoms with van der Waals surface area (Å²) in [5.41, 5.74) is -0.857. The van der Waals surface area contributed by atoms with Gasteiger partial charge < -0.3 is 59.8 Å². The van der Waals surface area contributed by atoms with Crippen molar-refractivity contribution < 1.29 is 64.6 Å². The molecule has 8 N–H and O–H groups in total. The zero-order valence-corrected chi connectivity index (χ0v) is 32.9. The van der Waals surface area contributed by atoms with E-state index < -0.39 is 84.8 Å². The van der Waals surface area contributed by atoms with Crippen LogP contribution in [0.5, 0.6) is 0 Å². The van der Waals surface area contributed by atoms with E-state index >= 15 is 0 Å². The van der Waals surface area contributed by atoms with E-state index in [1.807, 2.05) is 6.92 Å². The van der Waals surface area contributed by atoms with Crippen LogP contribution < -0.4 is 0 Å². The summed E-state index contributed by atoms with van der Waals surface area (Å²) in [6, 6.07) is 0. The van der Waals surface area contributed by atoms with Crippen LogP contribution in [0.25, 0.3) is 0 Å². The maximum Gasteiger partial charge on any atom is 0.310 e. The highest BCUT2D eigenvalue weighted by Gasteiger charge is 2.70. The van der Waals surface area contributed by atoms with Crippen LogP contribution in [0.2, 0.25) is 0 Å². The number of allylic oxidation sites excluding steroid dienone is 2. The maximum absolute atomic E-state index is 13.0. The number of rotatable bonds is 7. The Balaban J connectivity index is 1.08. The number of carboxylic acids is 1. The van der Waals surface area contributed by atoms with Crippen molar-refractivity contribution in [3.05, 3.63) is 11.6 Å². The monoisotopic (exact) mass is 766 g/mol. The number of carbonyl (C=O) groups is 1. The van der Waals surface area contributed by atoms with E-state index in [-0.39, 0.29) is 52.6 Å². The van der Waals surface area contributed by atoms with Crippen LogP contribution in [0.3, 0.4) is 0 Å². The van der Waals surface area contributed by atoms with Gasteiger partial charge in [0.2, 0.25) is 0 Å². The highest BCUT2D eigenvalue weighted by molar-refractivity contribution is 5.76. The molecule has 0 bridgehead atoms. The smallest absolute Gasteiger partial charge is 0.310 e. The van der Waals surface area contributed by atoms with Gasteiger partial charge in [-0.1, -0.05) is 46.3 Å². The highest BCUT2D eigenvalue weighted by atomic mass is 16.7. The Morgan fingerprint density at radius 3 is 2.24 bits per heavy atom. The molecule has 54 heavy (non-hydrogen) atoms. The molecular weight excluding hydrogens is 700 g/mol. The number of fused-ring (bicyclic) bond motifs is 7. The van der Waals surface area contributed by atoms with Gasteiger partial charge in [0.1, 0.15) is 48.8 Å². The van der Waals surface area contributed by atoms with Crippen molar-refractivity contribution in [2.24, 2.45) is 44.8 Å². The standard InChI is InChI=1S/C41H66O13/c1-36(2)13-15-41(35(48)49)16-14-38(4)21(22(41)17-36)7-8-26-37(3)11-10-28(40(6,50)27(37)9-12-39(26,38)5)52-20-25-33(29(44)23(43)19-51-25)54-34-32(47)31(46)30(45)24(18-42)53-34/h7,22-34,42-47,50H,8-20H2,1-6H3,(H,48,49). The first-order valence-electron chi connectivity index (χ1n) is 20.4. The Morgan fingerprint density at radius 1 is 0.852 bits per heavy atom. The molecule has 18 atom stereocenters. The first-order chi connectivity index (χ1) is 25.2. The Bertz CT molecular complexity index is 1450. The van der Waals surface area contributed by atoms with Crippen molar-refractivity contribution in [3.8, 4) is 0 Å². The Labute approximate surface area is 319 Å². The van der Waals surface area contributed by atoms with E-state index in [9.17, 15) is 45.6 Å². The van der Waals surface area contributed by atoms with Crippen molar-refractivity contribution in [1.29, 1.82) is 0 Å². The lowest BCUT2D eigenvalue weighted by Crippen LogP contribution is -2.67. The number of ether oxygens (including phenoxy) is 4. The normalized spacial score (nSPS) is 54.3. The fourth-order valence-corrected chi connectivity index (χ4v) is 13.2. The van der Waals surface area contributed by atoms with E-state index in [0.717, 1.165) is 51.4 Å². The molecule has 2 aliphatic heterocycles. The molecule has 2 heterocycles. The molecular formula is C41H66O13. The summed E-state index contributed by atoms with van der Waals surface area (Å²) in [5.74, 6) is -0.396. The zero-order chi connectivity index (χ0) is 39.4. The van der Waals surface area contributed by atoms with Crippen LogP contribution in [-0.2, 0) is 23.7 Å². The molecule has 13 heteroatoms. The molecule has 0 radical (unpaired) electrons. The van der Waals surface area contributed by atoms with Crippen LogP contribution in [0.1, 0.15) is 106 Å². The van der Waals surface area contributed by atoms with Gasteiger partial charge in [-0.05, 0) is 111 Å². The molecule has 0 aromatic carbocycles. The van der Waals surface area contributed by atoms with E-state index in [0.29, 0.717) is 12.8 Å². The summed E-state index contributed by atoms with van der Waals surface area (Å²) in [6.45, 7) is 12.7. The second kappa shape index (κ2) is 14.0. The second-order valence-corrected chi connectivity index (χ2v) is 20.0. The lowest BCUT2D eigenvalue weighted by atomic mass is 9.34. The van der Waals surface area contributed by atoms with Crippen LogP contribution in [0, 0.1) is 44.8 Å². The van der Waals surface area contributed by atoms with Crippen LogP contribution in [-0.4, -0.2) is 133 Å². The van der Waals surface area contributed by atoms with Crippen LogP contribution in [0.15, 0.2) is 11.6 Å². The van der Waals surface area contributed by atoms with Crippen LogP contribution in [0.4, 0.5) is 0 Å². The summed E-state index contributed by atoms with van der Waals surface area (Å²) in [5, 5.41) is 85.3. The molecule has 0 amide bonds. The second-order valence-electron chi connectivity index (χ2n) is 20.0. The number of aliphatic carboxylic acids is 1. The summed E-state index contributed by atoms with van der Waals surface area (Å²) in [7, 11) is 0. The first-order valence-corrected chi connectivity index (χ1v) is 20.4. The van der Waals surface area contributed by atoms with Crippen molar-refractivity contribution >= 4 is 5.97 Å². The Kier molecular flexibility index (Phi) is 10.6. The molecule has 0 spiro atoms.